The van der Waals surface area contributed by atoms with Crippen LogP contribution in [-0.4, -0.2) is 59.0 Å². The Kier molecular flexibility index (Phi) is 6.92. The Hall–Kier alpha value is -3.97. The van der Waals surface area contributed by atoms with Crippen molar-refractivity contribution in [3.05, 3.63) is 84.4 Å². The van der Waals surface area contributed by atoms with Gasteiger partial charge < -0.3 is 20.9 Å². The van der Waals surface area contributed by atoms with E-state index in [9.17, 15) is 4.79 Å². The highest BCUT2D eigenvalue weighted by Crippen LogP contribution is 2.29. The van der Waals surface area contributed by atoms with E-state index in [4.69, 9.17) is 15.7 Å². The van der Waals surface area contributed by atoms with Gasteiger partial charge in [0.1, 0.15) is 5.82 Å². The molecule has 3 aromatic carbocycles. The summed E-state index contributed by atoms with van der Waals surface area (Å²) in [5.74, 6) is 1.71. The Morgan fingerprint density at radius 3 is 2.55 bits per heavy atom. The molecule has 3 heterocycles. The van der Waals surface area contributed by atoms with Gasteiger partial charge >= 0.3 is 0 Å². The van der Waals surface area contributed by atoms with Gasteiger partial charge in [-0.15, -0.1) is 0 Å². The maximum atomic E-state index is 13.3. The molecule has 2 atom stereocenters. The number of fused-ring (bicyclic) bond motifs is 1. The first-order valence-corrected chi connectivity index (χ1v) is 13.6. The van der Waals surface area contributed by atoms with E-state index in [0.29, 0.717) is 18.9 Å². The summed E-state index contributed by atoms with van der Waals surface area (Å²) in [7, 11) is 0. The number of amides is 1. The molecule has 0 spiro atoms. The number of para-hydroxylation sites is 1. The summed E-state index contributed by atoms with van der Waals surface area (Å²) in [5, 5.41) is 4.58. The summed E-state index contributed by atoms with van der Waals surface area (Å²) in [5.41, 5.74) is 10.5. The number of nitrogens with two attached hydrogens (primary N) is 1. The van der Waals surface area contributed by atoms with Gasteiger partial charge in [0.15, 0.2) is 0 Å². The lowest BCUT2D eigenvalue weighted by atomic mass is 9.97. The van der Waals surface area contributed by atoms with Crippen LogP contribution in [0.2, 0.25) is 0 Å². The fraction of sp³-hybridized carbons (Fsp3) is 0.323. The summed E-state index contributed by atoms with van der Waals surface area (Å²) >= 11 is 0. The van der Waals surface area contributed by atoms with Gasteiger partial charge in [0.2, 0.25) is 11.9 Å². The van der Waals surface area contributed by atoms with E-state index in [2.05, 4.69) is 40.5 Å². The molecule has 1 amide bonds. The number of nitrogens with zero attached hydrogens (tertiary/aromatic N) is 4. The van der Waals surface area contributed by atoms with Crippen LogP contribution in [0.25, 0.3) is 22.0 Å². The van der Waals surface area contributed by atoms with Crippen LogP contribution in [0.15, 0.2) is 78.9 Å². The molecule has 6 rings (SSSR count). The van der Waals surface area contributed by atoms with E-state index in [1.54, 1.807) is 0 Å². The molecular weight excluding hydrogens is 472 g/mol. The van der Waals surface area contributed by atoms with Crippen LogP contribution >= 0.6 is 0 Å². The molecule has 2 fully saturated rings. The number of likely N-dealkylation sites (tertiary alicyclic amines) is 1. The Morgan fingerprint density at radius 1 is 0.895 bits per heavy atom. The first-order chi connectivity index (χ1) is 18.6. The predicted octanol–water partition coefficient (Wildman–Crippen LogP) is 4.48. The molecule has 2 aliphatic heterocycles. The third kappa shape index (κ3) is 5.20. The van der Waals surface area contributed by atoms with Gasteiger partial charge in [-0.1, -0.05) is 66.7 Å². The van der Waals surface area contributed by atoms with Gasteiger partial charge in [-0.25, -0.2) is 4.98 Å². The monoisotopic (exact) mass is 506 g/mol. The van der Waals surface area contributed by atoms with Crippen LogP contribution in [0.3, 0.4) is 0 Å². The van der Waals surface area contributed by atoms with Crippen LogP contribution in [0.1, 0.15) is 24.8 Å². The minimum atomic E-state index is 0.112. The zero-order chi connectivity index (χ0) is 25.9. The fourth-order valence-electron chi connectivity index (χ4n) is 5.70. The Bertz CT molecular complexity index is 1420. The second-order valence-corrected chi connectivity index (χ2v) is 10.4. The van der Waals surface area contributed by atoms with Crippen LogP contribution in [0.4, 0.5) is 11.8 Å². The molecule has 194 valence electrons. The summed E-state index contributed by atoms with van der Waals surface area (Å²) in [4.78, 5) is 27.3. The van der Waals surface area contributed by atoms with Crippen molar-refractivity contribution in [2.45, 2.75) is 37.8 Å². The number of carbonyl (C=O) groups excluding carboxylic acids is 1. The maximum Gasteiger partial charge on any atom is 0.227 e. The lowest BCUT2D eigenvalue weighted by Crippen LogP contribution is -2.43. The van der Waals surface area contributed by atoms with Crippen LogP contribution < -0.4 is 16.0 Å². The molecule has 7 heteroatoms. The zero-order valence-corrected chi connectivity index (χ0v) is 21.6. The molecule has 4 aromatic rings. The van der Waals surface area contributed by atoms with Gasteiger partial charge in [-0.2, -0.15) is 4.98 Å². The van der Waals surface area contributed by atoms with Crippen LogP contribution in [0.5, 0.6) is 0 Å². The Balaban J connectivity index is 1.16. The van der Waals surface area contributed by atoms with Gasteiger partial charge in [-0.3, -0.25) is 4.79 Å². The average molecular weight is 507 g/mol. The van der Waals surface area contributed by atoms with E-state index in [1.165, 1.54) is 0 Å². The first kappa shape index (κ1) is 24.4. The van der Waals surface area contributed by atoms with E-state index >= 15 is 0 Å². The molecule has 7 nitrogen and oxygen atoms in total. The second-order valence-electron chi connectivity index (χ2n) is 10.4. The SMILES string of the molecule is NC1CCCN(c2nc(NC3CCN(C(=O)Cc4ccccc4-c4ccccc4)C3)nc3ccccc23)C1. The molecule has 2 unspecified atom stereocenters. The molecular formula is C31H34N6O. The van der Waals surface area contributed by atoms with Crippen molar-refractivity contribution in [1.82, 2.24) is 14.9 Å². The van der Waals surface area contributed by atoms with Crippen LogP contribution in [-0.2, 0) is 11.2 Å². The second kappa shape index (κ2) is 10.8. The van der Waals surface area contributed by atoms with Gasteiger partial charge in [0.25, 0.3) is 0 Å². The maximum absolute atomic E-state index is 13.3. The van der Waals surface area contributed by atoms with Crippen LogP contribution in [0, 0.1) is 0 Å². The van der Waals surface area contributed by atoms with Crippen molar-refractivity contribution in [2.24, 2.45) is 5.73 Å². The summed E-state index contributed by atoms with van der Waals surface area (Å²) in [6.45, 7) is 3.12. The van der Waals surface area contributed by atoms with Crippen molar-refractivity contribution in [3.8, 4) is 11.1 Å². The third-order valence-corrected chi connectivity index (χ3v) is 7.66. The van der Waals surface area contributed by atoms with Crippen molar-refractivity contribution in [2.75, 3.05) is 36.4 Å². The van der Waals surface area contributed by atoms with E-state index in [0.717, 1.165) is 72.3 Å². The number of aromatic nitrogens is 2. The van der Waals surface area contributed by atoms with Gasteiger partial charge in [-0.05, 0) is 48.1 Å². The van der Waals surface area contributed by atoms with E-state index in [-0.39, 0.29) is 18.0 Å². The number of rotatable bonds is 6. The number of nitrogens with one attached hydrogen (secondary N) is 1. The number of hydrogen-bond acceptors (Lipinski definition) is 6. The number of piperidine rings is 1. The van der Waals surface area contributed by atoms with E-state index < -0.39 is 0 Å². The molecule has 0 saturated carbocycles. The smallest absolute Gasteiger partial charge is 0.227 e. The zero-order valence-electron chi connectivity index (χ0n) is 21.6. The molecule has 3 N–H and O–H groups in total. The molecule has 38 heavy (non-hydrogen) atoms. The van der Waals surface area contributed by atoms with Crippen molar-refractivity contribution < 1.29 is 4.79 Å². The number of anilines is 2. The fourth-order valence-corrected chi connectivity index (χ4v) is 5.70. The molecule has 0 aliphatic carbocycles. The highest BCUT2D eigenvalue weighted by Gasteiger charge is 2.28. The van der Waals surface area contributed by atoms with Gasteiger partial charge in [0.05, 0.1) is 11.9 Å². The largest absolute Gasteiger partial charge is 0.354 e. The highest BCUT2D eigenvalue weighted by molar-refractivity contribution is 5.90. The average Bonchev–Trinajstić information content (AvgIpc) is 3.42. The first-order valence-electron chi connectivity index (χ1n) is 13.6. The number of carbonyl (C=O) groups is 1. The van der Waals surface area contributed by atoms with E-state index in [1.807, 2.05) is 53.4 Å². The van der Waals surface area contributed by atoms with Crippen molar-refractivity contribution >= 4 is 28.6 Å². The minimum absolute atomic E-state index is 0.112. The van der Waals surface area contributed by atoms with Gasteiger partial charge in [0, 0.05) is 43.6 Å². The lowest BCUT2D eigenvalue weighted by Gasteiger charge is -2.32. The van der Waals surface area contributed by atoms with Crippen molar-refractivity contribution in [1.29, 1.82) is 0 Å². The molecule has 0 bridgehead atoms. The minimum Gasteiger partial charge on any atom is -0.354 e. The van der Waals surface area contributed by atoms with Crippen molar-refractivity contribution in [3.63, 3.8) is 0 Å². The lowest BCUT2D eigenvalue weighted by molar-refractivity contribution is -0.129. The molecule has 0 radical (unpaired) electrons. The Labute approximate surface area is 223 Å². The summed E-state index contributed by atoms with van der Waals surface area (Å²) in [6, 6.07) is 26.9. The quantitative estimate of drug-likeness (QED) is 0.401. The normalized spacial score (nSPS) is 19.6. The predicted molar refractivity (Wildman–Crippen MR) is 153 cm³/mol. The summed E-state index contributed by atoms with van der Waals surface area (Å²) < 4.78 is 0. The summed E-state index contributed by atoms with van der Waals surface area (Å²) in [6.07, 6.45) is 3.37. The molecule has 2 aliphatic rings. The molecule has 1 aromatic heterocycles. The standard InChI is InChI=1S/C31H34N6O/c32-24-12-8-17-37(20-24)30-27-14-6-7-15-28(27)34-31(35-30)33-25-16-18-36(21-25)29(38)19-23-11-4-5-13-26(23)22-9-2-1-3-10-22/h1-7,9-11,13-15,24-25H,8,12,16-21,32H2,(H,33,34,35). The topological polar surface area (TPSA) is 87.4 Å². The highest BCUT2D eigenvalue weighted by atomic mass is 16.2. The third-order valence-electron chi connectivity index (χ3n) is 7.66. The number of hydrogen-bond donors (Lipinski definition) is 2. The Morgan fingerprint density at radius 2 is 1.68 bits per heavy atom. The number of benzene rings is 3. The molecule has 2 saturated heterocycles.